The van der Waals surface area contributed by atoms with E-state index in [0.717, 1.165) is 22.6 Å². The second-order valence-corrected chi connectivity index (χ2v) is 5.81. The van der Waals surface area contributed by atoms with E-state index in [1.54, 1.807) is 0 Å². The van der Waals surface area contributed by atoms with Gasteiger partial charge in [0.25, 0.3) is 5.91 Å². The van der Waals surface area contributed by atoms with Gasteiger partial charge in [-0.3, -0.25) is 4.79 Å². The molecule has 1 aliphatic rings. The molecule has 0 radical (unpaired) electrons. The minimum absolute atomic E-state index is 0.0180. The summed E-state index contributed by atoms with van der Waals surface area (Å²) in [5.74, 6) is 2.02. The maximum atomic E-state index is 12.0. The van der Waals surface area contributed by atoms with Gasteiger partial charge in [0.05, 0.1) is 6.54 Å². The first-order chi connectivity index (χ1) is 11.6. The Morgan fingerprint density at radius 3 is 2.58 bits per heavy atom. The molecule has 0 spiro atoms. The van der Waals surface area contributed by atoms with Crippen LogP contribution in [0.3, 0.4) is 0 Å². The Labute approximate surface area is 141 Å². The Bertz CT molecular complexity index is 709. The highest BCUT2D eigenvalue weighted by Gasteiger charge is 2.21. The van der Waals surface area contributed by atoms with Crippen LogP contribution in [0.5, 0.6) is 17.2 Å². The number of aryl methyl sites for hydroxylation is 2. The summed E-state index contributed by atoms with van der Waals surface area (Å²) in [5, 5.41) is 2.82. The molecule has 0 bridgehead atoms. The number of para-hydroxylation sites is 3. The highest BCUT2D eigenvalue weighted by Crippen LogP contribution is 2.30. The van der Waals surface area contributed by atoms with E-state index in [-0.39, 0.29) is 18.6 Å². The second-order valence-electron chi connectivity index (χ2n) is 5.81. The van der Waals surface area contributed by atoms with Gasteiger partial charge < -0.3 is 19.5 Å². The lowest BCUT2D eigenvalue weighted by Crippen LogP contribution is -2.42. The van der Waals surface area contributed by atoms with Gasteiger partial charge >= 0.3 is 0 Å². The molecule has 0 saturated heterocycles. The molecule has 2 aromatic rings. The van der Waals surface area contributed by atoms with E-state index in [1.165, 1.54) is 0 Å². The van der Waals surface area contributed by atoms with E-state index in [2.05, 4.69) is 5.32 Å². The fourth-order valence-electron chi connectivity index (χ4n) is 2.61. The summed E-state index contributed by atoms with van der Waals surface area (Å²) in [5.41, 5.74) is 2.03. The standard InChI is InChI=1S/C19H21NO4/c1-13-6-5-7-14(2)19(13)23-12-18(21)20-10-15-11-22-16-8-3-4-9-17(16)24-15/h3-9,15H,10-12H2,1-2H3,(H,20,21)/t15-/m0/s1. The molecule has 5 heteroatoms. The van der Waals surface area contributed by atoms with Gasteiger partial charge in [0.15, 0.2) is 18.1 Å². The van der Waals surface area contributed by atoms with Gasteiger partial charge in [0, 0.05) is 0 Å². The van der Waals surface area contributed by atoms with Gasteiger partial charge in [-0.2, -0.15) is 0 Å². The number of hydrogen-bond acceptors (Lipinski definition) is 4. The molecule has 2 aromatic carbocycles. The number of carbonyl (C=O) groups is 1. The van der Waals surface area contributed by atoms with E-state index in [4.69, 9.17) is 14.2 Å². The van der Waals surface area contributed by atoms with Crippen LogP contribution in [-0.4, -0.2) is 31.8 Å². The number of ether oxygens (including phenoxy) is 3. The fraction of sp³-hybridized carbons (Fsp3) is 0.316. The predicted molar refractivity (Wildman–Crippen MR) is 90.8 cm³/mol. The quantitative estimate of drug-likeness (QED) is 0.917. The fourth-order valence-corrected chi connectivity index (χ4v) is 2.61. The molecule has 5 nitrogen and oxygen atoms in total. The highest BCUT2D eigenvalue weighted by atomic mass is 16.6. The largest absolute Gasteiger partial charge is 0.486 e. The van der Waals surface area contributed by atoms with Crippen LogP contribution < -0.4 is 19.5 Å². The monoisotopic (exact) mass is 327 g/mol. The lowest BCUT2D eigenvalue weighted by Gasteiger charge is -2.26. The third-order valence-corrected chi connectivity index (χ3v) is 3.85. The molecule has 0 saturated carbocycles. The topological polar surface area (TPSA) is 56.8 Å². The van der Waals surface area contributed by atoms with Gasteiger partial charge in [-0.15, -0.1) is 0 Å². The number of hydrogen-bond donors (Lipinski definition) is 1. The van der Waals surface area contributed by atoms with Crippen molar-refractivity contribution in [2.24, 2.45) is 0 Å². The van der Waals surface area contributed by atoms with Crippen molar-refractivity contribution in [3.63, 3.8) is 0 Å². The predicted octanol–water partition coefficient (Wildman–Crippen LogP) is 2.64. The lowest BCUT2D eigenvalue weighted by atomic mass is 10.1. The van der Waals surface area contributed by atoms with Gasteiger partial charge in [-0.25, -0.2) is 0 Å². The number of benzene rings is 2. The SMILES string of the molecule is Cc1cccc(C)c1OCC(=O)NC[C@H]1COc2ccccc2O1. The average molecular weight is 327 g/mol. The summed E-state index contributed by atoms with van der Waals surface area (Å²) in [6.45, 7) is 4.70. The summed E-state index contributed by atoms with van der Waals surface area (Å²) in [6, 6.07) is 13.4. The van der Waals surface area contributed by atoms with Crippen molar-refractivity contribution in [1.29, 1.82) is 0 Å². The average Bonchev–Trinajstić information content (AvgIpc) is 2.59. The molecule has 0 aromatic heterocycles. The second kappa shape index (κ2) is 7.25. The highest BCUT2D eigenvalue weighted by molar-refractivity contribution is 5.77. The van der Waals surface area contributed by atoms with Gasteiger partial charge in [0.1, 0.15) is 18.5 Å². The zero-order valence-electron chi connectivity index (χ0n) is 13.9. The maximum Gasteiger partial charge on any atom is 0.258 e. The van der Waals surface area contributed by atoms with Crippen molar-refractivity contribution in [2.45, 2.75) is 20.0 Å². The number of amides is 1. The van der Waals surface area contributed by atoms with Crippen molar-refractivity contribution < 1.29 is 19.0 Å². The Hall–Kier alpha value is -2.69. The van der Waals surface area contributed by atoms with E-state index in [1.807, 2.05) is 56.3 Å². The first-order valence-corrected chi connectivity index (χ1v) is 7.97. The maximum absolute atomic E-state index is 12.0. The molecule has 1 N–H and O–H groups in total. The van der Waals surface area contributed by atoms with Crippen LogP contribution >= 0.6 is 0 Å². The van der Waals surface area contributed by atoms with E-state index >= 15 is 0 Å². The normalized spacial score (nSPS) is 15.7. The summed E-state index contributed by atoms with van der Waals surface area (Å²) >= 11 is 0. The van der Waals surface area contributed by atoms with Crippen LogP contribution in [0.2, 0.25) is 0 Å². The number of carbonyl (C=O) groups excluding carboxylic acids is 1. The summed E-state index contributed by atoms with van der Waals surface area (Å²) in [7, 11) is 0. The molecule has 0 unspecified atom stereocenters. The third kappa shape index (κ3) is 3.79. The minimum Gasteiger partial charge on any atom is -0.486 e. The van der Waals surface area contributed by atoms with Crippen LogP contribution in [0.15, 0.2) is 42.5 Å². The van der Waals surface area contributed by atoms with Crippen molar-refractivity contribution in [3.8, 4) is 17.2 Å². The summed E-state index contributed by atoms with van der Waals surface area (Å²) < 4.78 is 17.1. The van der Waals surface area contributed by atoms with E-state index in [0.29, 0.717) is 18.9 Å². The van der Waals surface area contributed by atoms with Gasteiger partial charge in [0.2, 0.25) is 0 Å². The molecule has 1 amide bonds. The summed E-state index contributed by atoms with van der Waals surface area (Å²) in [6.07, 6.45) is -0.205. The number of fused-ring (bicyclic) bond motifs is 1. The molecule has 0 aliphatic carbocycles. The molecule has 1 heterocycles. The smallest absolute Gasteiger partial charge is 0.258 e. The third-order valence-electron chi connectivity index (χ3n) is 3.85. The zero-order chi connectivity index (χ0) is 16.9. The van der Waals surface area contributed by atoms with Crippen molar-refractivity contribution in [3.05, 3.63) is 53.6 Å². The Morgan fingerprint density at radius 1 is 1.12 bits per heavy atom. The number of nitrogens with one attached hydrogen (secondary N) is 1. The number of rotatable bonds is 5. The van der Waals surface area contributed by atoms with Crippen molar-refractivity contribution in [2.75, 3.05) is 19.8 Å². The van der Waals surface area contributed by atoms with Gasteiger partial charge in [-0.1, -0.05) is 30.3 Å². The van der Waals surface area contributed by atoms with Crippen LogP contribution in [0, 0.1) is 13.8 Å². The molecular formula is C19H21NO4. The van der Waals surface area contributed by atoms with Crippen LogP contribution in [0.25, 0.3) is 0 Å². The van der Waals surface area contributed by atoms with E-state index in [9.17, 15) is 4.79 Å². The summed E-state index contributed by atoms with van der Waals surface area (Å²) in [4.78, 5) is 12.0. The molecule has 0 fully saturated rings. The van der Waals surface area contributed by atoms with E-state index < -0.39 is 0 Å². The zero-order valence-corrected chi connectivity index (χ0v) is 13.9. The minimum atomic E-state index is -0.205. The molecule has 24 heavy (non-hydrogen) atoms. The molecule has 126 valence electrons. The van der Waals surface area contributed by atoms with Crippen LogP contribution in [0.1, 0.15) is 11.1 Å². The van der Waals surface area contributed by atoms with Crippen LogP contribution in [0.4, 0.5) is 0 Å². The molecular weight excluding hydrogens is 306 g/mol. The van der Waals surface area contributed by atoms with Crippen molar-refractivity contribution in [1.82, 2.24) is 5.32 Å². The Morgan fingerprint density at radius 2 is 1.83 bits per heavy atom. The Kier molecular flexibility index (Phi) is 4.89. The first kappa shape index (κ1) is 16.2. The Balaban J connectivity index is 1.47. The molecule has 1 aliphatic heterocycles. The first-order valence-electron chi connectivity index (χ1n) is 7.97. The van der Waals surface area contributed by atoms with Gasteiger partial charge in [-0.05, 0) is 37.1 Å². The van der Waals surface area contributed by atoms with Crippen molar-refractivity contribution >= 4 is 5.91 Å². The molecule has 3 rings (SSSR count). The van der Waals surface area contributed by atoms with Crippen LogP contribution in [-0.2, 0) is 4.79 Å². The molecule has 1 atom stereocenters. The lowest BCUT2D eigenvalue weighted by molar-refractivity contribution is -0.123.